The molecule has 3 aromatic heterocycles. The normalized spacial score (nSPS) is 16.1. The standard InChI is InChI=1S/C23H33N7/c1-4-8-16(3)27-23-28-21(24)22-26-14-19(30(22)29-23)12-17-11-15(2)20(25-13-17)18-9-6-5-7-10-18/h11,13-14,16,18H,4-10,12H2,1-3H3,(H3,24,27,28,29)/t16-/m0/s1. The largest absolute Gasteiger partial charge is 0.380 e. The van der Waals surface area contributed by atoms with E-state index in [1.807, 2.05) is 16.9 Å². The number of pyridine rings is 1. The average Bonchev–Trinajstić information content (AvgIpc) is 3.12. The van der Waals surface area contributed by atoms with E-state index in [0.717, 1.165) is 18.5 Å². The van der Waals surface area contributed by atoms with E-state index in [0.29, 0.717) is 29.8 Å². The predicted molar refractivity (Wildman–Crippen MR) is 121 cm³/mol. The van der Waals surface area contributed by atoms with Crippen molar-refractivity contribution in [2.45, 2.75) is 84.1 Å². The third-order valence-corrected chi connectivity index (χ3v) is 6.11. The molecule has 0 aromatic carbocycles. The Hall–Kier alpha value is -2.70. The van der Waals surface area contributed by atoms with E-state index in [-0.39, 0.29) is 6.04 Å². The first-order chi connectivity index (χ1) is 14.5. The van der Waals surface area contributed by atoms with Crippen LogP contribution in [0.25, 0.3) is 5.65 Å². The molecule has 0 bridgehead atoms. The molecule has 1 saturated carbocycles. The lowest BCUT2D eigenvalue weighted by Crippen LogP contribution is -2.18. The number of nitrogens with two attached hydrogens (primary N) is 1. The maximum atomic E-state index is 6.15. The molecule has 1 atom stereocenters. The van der Waals surface area contributed by atoms with Gasteiger partial charge in [0.15, 0.2) is 11.5 Å². The summed E-state index contributed by atoms with van der Waals surface area (Å²) in [6.07, 6.45) is 13.3. The summed E-state index contributed by atoms with van der Waals surface area (Å²) in [6.45, 7) is 6.48. The molecular formula is C23H33N7. The van der Waals surface area contributed by atoms with Crippen molar-refractivity contribution in [3.05, 3.63) is 41.0 Å². The molecule has 30 heavy (non-hydrogen) atoms. The Morgan fingerprint density at radius 2 is 2.00 bits per heavy atom. The molecule has 7 nitrogen and oxygen atoms in total. The second-order valence-corrected chi connectivity index (χ2v) is 8.70. The van der Waals surface area contributed by atoms with Gasteiger partial charge in [-0.25, -0.2) is 9.50 Å². The molecule has 3 heterocycles. The van der Waals surface area contributed by atoms with Gasteiger partial charge in [-0.1, -0.05) is 38.7 Å². The summed E-state index contributed by atoms with van der Waals surface area (Å²) in [5.74, 6) is 1.56. The maximum Gasteiger partial charge on any atom is 0.243 e. The van der Waals surface area contributed by atoms with Gasteiger partial charge in [-0.05, 0) is 44.2 Å². The minimum absolute atomic E-state index is 0.290. The summed E-state index contributed by atoms with van der Waals surface area (Å²) in [4.78, 5) is 13.7. The first-order valence-electron chi connectivity index (χ1n) is 11.3. The molecule has 0 spiro atoms. The number of hydrogen-bond acceptors (Lipinski definition) is 6. The summed E-state index contributed by atoms with van der Waals surface area (Å²) >= 11 is 0. The van der Waals surface area contributed by atoms with E-state index in [1.165, 1.54) is 48.9 Å². The molecule has 7 heteroatoms. The van der Waals surface area contributed by atoms with E-state index >= 15 is 0 Å². The number of hydrogen-bond donors (Lipinski definition) is 2. The predicted octanol–water partition coefficient (Wildman–Crippen LogP) is 4.65. The number of aromatic nitrogens is 5. The zero-order valence-corrected chi connectivity index (χ0v) is 18.4. The molecule has 3 aromatic rings. The van der Waals surface area contributed by atoms with Crippen LogP contribution in [-0.2, 0) is 6.42 Å². The van der Waals surface area contributed by atoms with Crippen LogP contribution in [0.1, 0.15) is 87.2 Å². The van der Waals surface area contributed by atoms with E-state index in [4.69, 9.17) is 10.7 Å². The SMILES string of the molecule is CCC[C@H](C)Nc1nc(N)c2ncc(Cc3cnc(C4CCCCC4)c(C)c3)n2n1. The molecule has 0 aliphatic heterocycles. The maximum absolute atomic E-state index is 6.15. The highest BCUT2D eigenvalue weighted by atomic mass is 15.3. The van der Waals surface area contributed by atoms with Gasteiger partial charge in [0.1, 0.15) is 0 Å². The average molecular weight is 408 g/mol. The first kappa shape index (κ1) is 20.6. The zero-order chi connectivity index (χ0) is 21.1. The van der Waals surface area contributed by atoms with Gasteiger partial charge in [0.05, 0.1) is 11.9 Å². The number of nitrogens with zero attached hydrogens (tertiary/aromatic N) is 5. The van der Waals surface area contributed by atoms with Crippen LogP contribution >= 0.6 is 0 Å². The van der Waals surface area contributed by atoms with Crippen LogP contribution in [0.4, 0.5) is 11.8 Å². The molecule has 0 amide bonds. The number of rotatable bonds is 7. The summed E-state index contributed by atoms with van der Waals surface area (Å²) in [5, 5.41) is 8.01. The smallest absolute Gasteiger partial charge is 0.243 e. The van der Waals surface area contributed by atoms with Crippen molar-refractivity contribution in [1.82, 2.24) is 24.6 Å². The first-order valence-corrected chi connectivity index (χ1v) is 11.3. The Labute approximate surface area is 178 Å². The van der Waals surface area contributed by atoms with Crippen LogP contribution in [0.2, 0.25) is 0 Å². The number of imidazole rings is 1. The highest BCUT2D eigenvalue weighted by Crippen LogP contribution is 2.33. The van der Waals surface area contributed by atoms with E-state index in [2.05, 4.69) is 47.2 Å². The Bertz CT molecular complexity index is 1000. The fourth-order valence-corrected chi connectivity index (χ4v) is 4.61. The molecule has 0 radical (unpaired) electrons. The lowest BCUT2D eigenvalue weighted by Gasteiger charge is -2.22. The Morgan fingerprint density at radius 3 is 2.73 bits per heavy atom. The molecule has 0 unspecified atom stereocenters. The number of fused-ring (bicyclic) bond motifs is 1. The number of nitrogens with one attached hydrogen (secondary N) is 1. The molecule has 4 rings (SSSR count). The summed E-state index contributed by atoms with van der Waals surface area (Å²) in [5.41, 5.74) is 11.5. The number of aryl methyl sites for hydroxylation is 1. The molecule has 3 N–H and O–H groups in total. The van der Waals surface area contributed by atoms with Gasteiger partial charge in [-0.15, -0.1) is 5.10 Å². The second kappa shape index (κ2) is 8.98. The van der Waals surface area contributed by atoms with E-state index < -0.39 is 0 Å². The summed E-state index contributed by atoms with van der Waals surface area (Å²) in [7, 11) is 0. The fraction of sp³-hybridized carbons (Fsp3) is 0.565. The van der Waals surface area contributed by atoms with Gasteiger partial charge >= 0.3 is 0 Å². The summed E-state index contributed by atoms with van der Waals surface area (Å²) < 4.78 is 1.81. The van der Waals surface area contributed by atoms with Gasteiger partial charge in [-0.3, -0.25) is 4.98 Å². The van der Waals surface area contributed by atoms with Crippen LogP contribution in [-0.4, -0.2) is 30.6 Å². The Morgan fingerprint density at radius 1 is 1.20 bits per heavy atom. The van der Waals surface area contributed by atoms with Gasteiger partial charge in [0.25, 0.3) is 0 Å². The van der Waals surface area contributed by atoms with Gasteiger partial charge in [0.2, 0.25) is 5.95 Å². The van der Waals surface area contributed by atoms with Crippen LogP contribution in [0.5, 0.6) is 0 Å². The molecule has 1 fully saturated rings. The van der Waals surface area contributed by atoms with Crippen molar-refractivity contribution in [3.8, 4) is 0 Å². The van der Waals surface area contributed by atoms with Crippen molar-refractivity contribution < 1.29 is 0 Å². The van der Waals surface area contributed by atoms with E-state index in [1.54, 1.807) is 0 Å². The van der Waals surface area contributed by atoms with Crippen LogP contribution in [0.3, 0.4) is 0 Å². The Kier molecular flexibility index (Phi) is 6.16. The van der Waals surface area contributed by atoms with Gasteiger partial charge < -0.3 is 11.1 Å². The molecule has 1 aliphatic carbocycles. The lowest BCUT2D eigenvalue weighted by molar-refractivity contribution is 0.435. The Balaban J connectivity index is 1.57. The highest BCUT2D eigenvalue weighted by molar-refractivity contribution is 5.61. The van der Waals surface area contributed by atoms with Crippen molar-refractivity contribution in [3.63, 3.8) is 0 Å². The monoisotopic (exact) mass is 407 g/mol. The minimum Gasteiger partial charge on any atom is -0.380 e. The topological polar surface area (TPSA) is 94.0 Å². The zero-order valence-electron chi connectivity index (χ0n) is 18.4. The van der Waals surface area contributed by atoms with Gasteiger partial charge in [-0.2, -0.15) is 4.98 Å². The highest BCUT2D eigenvalue weighted by Gasteiger charge is 2.19. The minimum atomic E-state index is 0.290. The molecule has 1 aliphatic rings. The molecule has 160 valence electrons. The molecular weight excluding hydrogens is 374 g/mol. The number of anilines is 2. The lowest BCUT2D eigenvalue weighted by atomic mass is 9.85. The molecule has 0 saturated heterocycles. The fourth-order valence-electron chi connectivity index (χ4n) is 4.61. The van der Waals surface area contributed by atoms with Crippen molar-refractivity contribution in [2.75, 3.05) is 11.1 Å². The van der Waals surface area contributed by atoms with Crippen molar-refractivity contribution in [1.29, 1.82) is 0 Å². The quantitative estimate of drug-likeness (QED) is 0.592. The summed E-state index contributed by atoms with van der Waals surface area (Å²) in [6, 6.07) is 2.56. The van der Waals surface area contributed by atoms with Crippen LogP contribution < -0.4 is 11.1 Å². The number of nitrogen functional groups attached to an aromatic ring is 1. The van der Waals surface area contributed by atoms with Crippen LogP contribution in [0.15, 0.2) is 18.5 Å². The van der Waals surface area contributed by atoms with Crippen molar-refractivity contribution in [2.24, 2.45) is 0 Å². The second-order valence-electron chi connectivity index (χ2n) is 8.70. The third kappa shape index (κ3) is 4.40. The van der Waals surface area contributed by atoms with Gasteiger partial charge in [0, 0.05) is 30.3 Å². The third-order valence-electron chi connectivity index (χ3n) is 6.11. The van der Waals surface area contributed by atoms with Crippen LogP contribution in [0, 0.1) is 6.92 Å². The van der Waals surface area contributed by atoms with E-state index in [9.17, 15) is 0 Å². The van der Waals surface area contributed by atoms with Crippen molar-refractivity contribution >= 4 is 17.4 Å².